The summed E-state index contributed by atoms with van der Waals surface area (Å²) in [6, 6.07) is 11.5. The standard InChI is InChI=1S/C18H17N3O4S/c1-21-17(11-3-6-13(25-2)7-4-11)19-20-18(21)26-10-16(24)12-5-8-14(22)15(23)9-12/h3-9,22-23H,10H2,1-2H3. The molecule has 0 atom stereocenters. The molecule has 7 nitrogen and oxygen atoms in total. The highest BCUT2D eigenvalue weighted by atomic mass is 32.2. The Morgan fingerprint density at radius 2 is 1.85 bits per heavy atom. The Kier molecular flexibility index (Phi) is 5.13. The van der Waals surface area contributed by atoms with Crippen LogP contribution in [0.25, 0.3) is 11.4 Å². The van der Waals surface area contributed by atoms with Crippen LogP contribution < -0.4 is 4.74 Å². The van der Waals surface area contributed by atoms with E-state index in [0.717, 1.165) is 11.3 Å². The van der Waals surface area contributed by atoms with Crippen molar-refractivity contribution in [1.29, 1.82) is 0 Å². The lowest BCUT2D eigenvalue weighted by Gasteiger charge is -2.05. The molecule has 26 heavy (non-hydrogen) atoms. The normalized spacial score (nSPS) is 10.7. The Morgan fingerprint density at radius 1 is 1.12 bits per heavy atom. The number of phenols is 2. The van der Waals surface area contributed by atoms with Gasteiger partial charge in [0.1, 0.15) is 5.75 Å². The molecular weight excluding hydrogens is 354 g/mol. The van der Waals surface area contributed by atoms with Crippen LogP contribution in [0.2, 0.25) is 0 Å². The fourth-order valence-electron chi connectivity index (χ4n) is 2.34. The third-order valence-corrected chi connectivity index (χ3v) is 4.83. The van der Waals surface area contributed by atoms with Crippen LogP contribution in [0.15, 0.2) is 47.6 Å². The zero-order valence-corrected chi connectivity index (χ0v) is 15.0. The van der Waals surface area contributed by atoms with Gasteiger partial charge in [-0.2, -0.15) is 0 Å². The molecule has 0 saturated heterocycles. The maximum atomic E-state index is 12.3. The first-order valence-electron chi connectivity index (χ1n) is 7.71. The van der Waals surface area contributed by atoms with E-state index in [-0.39, 0.29) is 23.0 Å². The summed E-state index contributed by atoms with van der Waals surface area (Å²) in [5.41, 5.74) is 1.22. The smallest absolute Gasteiger partial charge is 0.191 e. The minimum absolute atomic E-state index is 0.138. The highest BCUT2D eigenvalue weighted by Gasteiger charge is 2.15. The molecule has 0 unspecified atom stereocenters. The van der Waals surface area contributed by atoms with Gasteiger partial charge in [-0.1, -0.05) is 11.8 Å². The number of Topliss-reactive ketones (excluding diaryl/α,β-unsaturated/α-hetero) is 1. The predicted octanol–water partition coefficient (Wildman–Crippen LogP) is 2.88. The van der Waals surface area contributed by atoms with Crippen LogP contribution in [-0.4, -0.2) is 43.6 Å². The predicted molar refractivity (Wildman–Crippen MR) is 97.8 cm³/mol. The highest BCUT2D eigenvalue weighted by molar-refractivity contribution is 7.99. The Labute approximate surface area is 154 Å². The van der Waals surface area contributed by atoms with Crippen molar-refractivity contribution in [3.8, 4) is 28.6 Å². The van der Waals surface area contributed by atoms with Crippen molar-refractivity contribution in [2.24, 2.45) is 7.05 Å². The van der Waals surface area contributed by atoms with E-state index >= 15 is 0 Å². The molecule has 0 aliphatic heterocycles. The summed E-state index contributed by atoms with van der Waals surface area (Å²) < 4.78 is 6.96. The van der Waals surface area contributed by atoms with Crippen molar-refractivity contribution < 1.29 is 19.7 Å². The second-order valence-electron chi connectivity index (χ2n) is 5.51. The van der Waals surface area contributed by atoms with E-state index in [1.807, 2.05) is 35.9 Å². The summed E-state index contributed by atoms with van der Waals surface area (Å²) in [5, 5.41) is 27.7. The number of aromatic nitrogens is 3. The monoisotopic (exact) mass is 371 g/mol. The molecule has 0 bridgehead atoms. The minimum Gasteiger partial charge on any atom is -0.504 e. The van der Waals surface area contributed by atoms with Crippen LogP contribution in [-0.2, 0) is 7.05 Å². The third-order valence-electron chi connectivity index (χ3n) is 3.81. The quantitative estimate of drug-likeness (QED) is 0.391. The van der Waals surface area contributed by atoms with Crippen LogP contribution >= 0.6 is 11.8 Å². The molecule has 3 aromatic rings. The van der Waals surface area contributed by atoms with E-state index in [1.54, 1.807) is 7.11 Å². The number of aromatic hydroxyl groups is 2. The fraction of sp³-hybridized carbons (Fsp3) is 0.167. The van der Waals surface area contributed by atoms with E-state index < -0.39 is 0 Å². The summed E-state index contributed by atoms with van der Waals surface area (Å²) in [6.45, 7) is 0. The first kappa shape index (κ1) is 17.8. The molecule has 0 fully saturated rings. The van der Waals surface area contributed by atoms with Crippen LogP contribution in [0.3, 0.4) is 0 Å². The number of carbonyl (C=O) groups is 1. The minimum atomic E-state index is -0.318. The van der Waals surface area contributed by atoms with Gasteiger partial charge in [-0.3, -0.25) is 4.79 Å². The molecule has 134 valence electrons. The molecule has 2 N–H and O–H groups in total. The Bertz CT molecular complexity index is 938. The molecule has 3 rings (SSSR count). The van der Waals surface area contributed by atoms with Gasteiger partial charge in [0.15, 0.2) is 28.3 Å². The van der Waals surface area contributed by atoms with E-state index in [4.69, 9.17) is 4.74 Å². The lowest BCUT2D eigenvalue weighted by atomic mass is 10.1. The van der Waals surface area contributed by atoms with Gasteiger partial charge < -0.3 is 19.5 Å². The maximum Gasteiger partial charge on any atom is 0.191 e. The molecule has 2 aromatic carbocycles. The zero-order chi connectivity index (χ0) is 18.7. The Morgan fingerprint density at radius 3 is 2.50 bits per heavy atom. The lowest BCUT2D eigenvalue weighted by Crippen LogP contribution is -2.04. The molecule has 0 aliphatic carbocycles. The SMILES string of the molecule is COc1ccc(-c2nnc(SCC(=O)c3ccc(O)c(O)c3)n2C)cc1. The van der Waals surface area contributed by atoms with Crippen LogP contribution in [0, 0.1) is 0 Å². The second kappa shape index (κ2) is 7.49. The number of hydrogen-bond acceptors (Lipinski definition) is 7. The summed E-state index contributed by atoms with van der Waals surface area (Å²) in [6.07, 6.45) is 0. The number of phenolic OH excluding ortho intramolecular Hbond substituents is 2. The van der Waals surface area contributed by atoms with Crippen molar-refractivity contribution >= 4 is 17.5 Å². The average Bonchev–Trinajstić information content (AvgIpc) is 3.02. The molecular formula is C18H17N3O4S. The van der Waals surface area contributed by atoms with E-state index in [2.05, 4.69) is 10.2 Å². The second-order valence-corrected chi connectivity index (χ2v) is 6.45. The van der Waals surface area contributed by atoms with Gasteiger partial charge in [-0.05, 0) is 42.5 Å². The van der Waals surface area contributed by atoms with Crippen LogP contribution in [0.4, 0.5) is 0 Å². The first-order chi connectivity index (χ1) is 12.5. The number of ether oxygens (including phenoxy) is 1. The van der Waals surface area contributed by atoms with Gasteiger partial charge in [-0.25, -0.2) is 0 Å². The van der Waals surface area contributed by atoms with Crippen LogP contribution in [0.1, 0.15) is 10.4 Å². The number of benzene rings is 2. The van der Waals surface area contributed by atoms with Crippen molar-refractivity contribution in [1.82, 2.24) is 14.8 Å². The maximum absolute atomic E-state index is 12.3. The van der Waals surface area contributed by atoms with Gasteiger partial charge >= 0.3 is 0 Å². The molecule has 0 spiro atoms. The molecule has 1 aromatic heterocycles. The molecule has 1 heterocycles. The largest absolute Gasteiger partial charge is 0.504 e. The zero-order valence-electron chi connectivity index (χ0n) is 14.2. The topological polar surface area (TPSA) is 97.5 Å². The van der Waals surface area contributed by atoms with Gasteiger partial charge in [0, 0.05) is 18.2 Å². The first-order valence-corrected chi connectivity index (χ1v) is 8.70. The van der Waals surface area contributed by atoms with Gasteiger partial charge in [0.05, 0.1) is 12.9 Å². The number of methoxy groups -OCH3 is 1. The Hall–Kier alpha value is -3.00. The summed E-state index contributed by atoms with van der Waals surface area (Å²) in [5.74, 6) is 0.823. The third kappa shape index (κ3) is 3.65. The van der Waals surface area contributed by atoms with Gasteiger partial charge in [-0.15, -0.1) is 10.2 Å². The van der Waals surface area contributed by atoms with Crippen molar-refractivity contribution in [3.63, 3.8) is 0 Å². The molecule has 0 aliphatic rings. The summed E-state index contributed by atoms with van der Waals surface area (Å²) >= 11 is 1.25. The van der Waals surface area contributed by atoms with E-state index in [0.29, 0.717) is 16.5 Å². The molecule has 0 radical (unpaired) electrons. The highest BCUT2D eigenvalue weighted by Crippen LogP contribution is 2.27. The van der Waals surface area contributed by atoms with E-state index in [1.165, 1.54) is 30.0 Å². The number of rotatable bonds is 6. The lowest BCUT2D eigenvalue weighted by molar-refractivity contribution is 0.102. The number of carbonyl (C=O) groups excluding carboxylic acids is 1. The van der Waals surface area contributed by atoms with Crippen molar-refractivity contribution in [2.75, 3.05) is 12.9 Å². The summed E-state index contributed by atoms with van der Waals surface area (Å²) in [7, 11) is 3.44. The number of thioether (sulfide) groups is 1. The summed E-state index contributed by atoms with van der Waals surface area (Å²) in [4.78, 5) is 12.3. The number of ketones is 1. The van der Waals surface area contributed by atoms with Crippen molar-refractivity contribution in [2.45, 2.75) is 5.16 Å². The fourth-order valence-corrected chi connectivity index (χ4v) is 3.15. The molecule has 0 amide bonds. The number of hydrogen-bond donors (Lipinski definition) is 2. The molecule has 8 heteroatoms. The molecule has 0 saturated carbocycles. The Balaban J connectivity index is 1.71. The number of nitrogens with zero attached hydrogens (tertiary/aromatic N) is 3. The van der Waals surface area contributed by atoms with Gasteiger partial charge in [0.2, 0.25) is 0 Å². The van der Waals surface area contributed by atoms with Gasteiger partial charge in [0.25, 0.3) is 0 Å². The van der Waals surface area contributed by atoms with Crippen molar-refractivity contribution in [3.05, 3.63) is 48.0 Å². The average molecular weight is 371 g/mol. The van der Waals surface area contributed by atoms with Crippen LogP contribution in [0.5, 0.6) is 17.2 Å². The van der Waals surface area contributed by atoms with E-state index in [9.17, 15) is 15.0 Å².